The lowest BCUT2D eigenvalue weighted by atomic mass is 10.3. The monoisotopic (exact) mass is 479 g/mol. The summed E-state index contributed by atoms with van der Waals surface area (Å²) in [5, 5.41) is 3.34. The van der Waals surface area contributed by atoms with Gasteiger partial charge in [0.05, 0.1) is 9.92 Å². The van der Waals surface area contributed by atoms with Crippen molar-refractivity contribution >= 4 is 50.8 Å². The summed E-state index contributed by atoms with van der Waals surface area (Å²) < 4.78 is 34.0. The number of ether oxygens (including phenoxy) is 1. The Labute approximate surface area is 189 Å². The summed E-state index contributed by atoms with van der Waals surface area (Å²) in [7, 11) is -4.01. The molecule has 1 N–H and O–H groups in total. The second-order valence-corrected chi connectivity index (χ2v) is 8.90. The van der Waals surface area contributed by atoms with Gasteiger partial charge in [0, 0.05) is 16.7 Å². The highest BCUT2D eigenvalue weighted by Gasteiger charge is 2.13. The van der Waals surface area contributed by atoms with E-state index in [-0.39, 0.29) is 22.5 Å². The topological polar surface area (TPSA) is 112 Å². The predicted molar refractivity (Wildman–Crippen MR) is 119 cm³/mol. The van der Waals surface area contributed by atoms with Crippen LogP contribution in [0.4, 0.5) is 11.6 Å². The van der Waals surface area contributed by atoms with Gasteiger partial charge in [-0.15, -0.1) is 0 Å². The third-order valence-corrected chi connectivity index (χ3v) is 5.66. The van der Waals surface area contributed by atoms with E-state index in [0.29, 0.717) is 27.8 Å². The van der Waals surface area contributed by atoms with Crippen molar-refractivity contribution in [2.75, 3.05) is 11.9 Å². The molecule has 0 bridgehead atoms. The summed E-state index contributed by atoms with van der Waals surface area (Å²) in [5.41, 5.74) is 1.61. The van der Waals surface area contributed by atoms with E-state index in [1.807, 2.05) is 0 Å². The van der Waals surface area contributed by atoms with Crippen LogP contribution in [-0.4, -0.2) is 30.9 Å². The van der Waals surface area contributed by atoms with Gasteiger partial charge in [-0.2, -0.15) is 0 Å². The number of nitrogens with one attached hydrogen (secondary N) is 1. The molecule has 1 amide bonds. The Morgan fingerprint density at radius 3 is 2.29 bits per heavy atom. The fraction of sp³-hybridized carbons (Fsp3) is 0.150. The zero-order chi connectivity index (χ0) is 22.6. The van der Waals surface area contributed by atoms with Crippen LogP contribution in [0.15, 0.2) is 53.4 Å². The largest absolute Gasteiger partial charge is 0.482 e. The van der Waals surface area contributed by atoms with Crippen molar-refractivity contribution in [3.63, 3.8) is 0 Å². The number of nitrogens with zero attached hydrogens (tertiary/aromatic N) is 3. The third-order valence-electron chi connectivity index (χ3n) is 3.86. The van der Waals surface area contributed by atoms with E-state index in [1.54, 1.807) is 32.0 Å². The van der Waals surface area contributed by atoms with Crippen molar-refractivity contribution in [3.8, 4) is 5.75 Å². The van der Waals surface area contributed by atoms with Crippen LogP contribution in [0.3, 0.4) is 0 Å². The predicted octanol–water partition coefficient (Wildman–Crippen LogP) is 4.81. The summed E-state index contributed by atoms with van der Waals surface area (Å²) in [6.45, 7) is 3.16. The molecule has 162 valence electrons. The number of anilines is 1. The molecule has 1 aromatic heterocycles. The van der Waals surface area contributed by atoms with Crippen LogP contribution in [0.5, 0.6) is 5.75 Å². The smallest absolute Gasteiger partial charge is 0.262 e. The number of amides is 1. The Morgan fingerprint density at radius 1 is 1.03 bits per heavy atom. The average Bonchev–Trinajstić information content (AvgIpc) is 2.66. The lowest BCUT2D eigenvalue weighted by Gasteiger charge is -2.15. The number of carbonyl (C=O) groups is 1. The summed E-state index contributed by atoms with van der Waals surface area (Å²) in [6.07, 6.45) is 0. The molecule has 1 heterocycles. The van der Waals surface area contributed by atoms with Crippen LogP contribution in [0, 0.1) is 13.8 Å². The van der Waals surface area contributed by atoms with Crippen molar-refractivity contribution in [1.82, 2.24) is 9.97 Å². The van der Waals surface area contributed by atoms with E-state index in [0.717, 1.165) is 0 Å². The quantitative estimate of drug-likeness (QED) is 0.519. The van der Waals surface area contributed by atoms with Crippen LogP contribution in [0.1, 0.15) is 11.4 Å². The molecule has 0 aliphatic carbocycles. The molecule has 3 aromatic rings. The first-order chi connectivity index (χ1) is 14.6. The minimum absolute atomic E-state index is 0.0579. The van der Waals surface area contributed by atoms with E-state index >= 15 is 0 Å². The molecular formula is C20H17Cl2N4O4S-. The van der Waals surface area contributed by atoms with Gasteiger partial charge in [0.25, 0.3) is 5.91 Å². The second kappa shape index (κ2) is 9.51. The molecule has 3 rings (SSSR count). The van der Waals surface area contributed by atoms with Crippen molar-refractivity contribution in [1.29, 1.82) is 0 Å². The fourth-order valence-corrected chi connectivity index (χ4v) is 3.90. The van der Waals surface area contributed by atoms with Crippen LogP contribution < -0.4 is 10.1 Å². The number of benzene rings is 2. The lowest BCUT2D eigenvalue weighted by Crippen LogP contribution is -2.20. The van der Waals surface area contributed by atoms with Gasteiger partial charge in [-0.3, -0.25) is 9.52 Å². The molecule has 11 heteroatoms. The minimum atomic E-state index is -4.01. The number of aryl methyl sites for hydroxylation is 2. The number of halogens is 2. The highest BCUT2D eigenvalue weighted by molar-refractivity contribution is 7.94. The van der Waals surface area contributed by atoms with E-state index in [4.69, 9.17) is 27.9 Å². The second-order valence-electron chi connectivity index (χ2n) is 6.45. The lowest BCUT2D eigenvalue weighted by molar-refractivity contribution is -0.118. The van der Waals surface area contributed by atoms with Gasteiger partial charge in [0.2, 0.25) is 10.0 Å². The highest BCUT2D eigenvalue weighted by atomic mass is 35.5. The first-order valence-electron chi connectivity index (χ1n) is 8.90. The number of hydrogen-bond donors (Lipinski definition) is 1. The molecule has 0 aliphatic heterocycles. The van der Waals surface area contributed by atoms with Gasteiger partial charge >= 0.3 is 0 Å². The van der Waals surface area contributed by atoms with E-state index < -0.39 is 15.9 Å². The summed E-state index contributed by atoms with van der Waals surface area (Å²) in [6, 6.07) is 11.9. The zero-order valence-corrected chi connectivity index (χ0v) is 18.8. The SMILES string of the molecule is Cc1cc(C)nc([N-]S(=O)(=O)c2ccc(NC(=O)COc3ccc(Cl)cc3Cl)cc2)n1. The molecule has 0 radical (unpaired) electrons. The number of hydrogen-bond acceptors (Lipinski definition) is 6. The average molecular weight is 480 g/mol. The molecule has 0 saturated heterocycles. The van der Waals surface area contributed by atoms with E-state index in [9.17, 15) is 13.2 Å². The Morgan fingerprint density at radius 2 is 1.68 bits per heavy atom. The third kappa shape index (κ3) is 6.30. The number of carbonyl (C=O) groups excluding carboxylic acids is 1. The fourth-order valence-electron chi connectivity index (χ4n) is 2.55. The molecule has 2 aromatic carbocycles. The normalized spacial score (nSPS) is 11.1. The molecule has 0 unspecified atom stereocenters. The van der Waals surface area contributed by atoms with Crippen molar-refractivity contribution in [3.05, 3.63) is 74.7 Å². The van der Waals surface area contributed by atoms with Gasteiger partial charge in [0.1, 0.15) is 5.75 Å². The Hall–Kier alpha value is -2.88. The van der Waals surface area contributed by atoms with Gasteiger partial charge in [-0.05, 0) is 67.7 Å². The van der Waals surface area contributed by atoms with Crippen LogP contribution >= 0.6 is 23.2 Å². The van der Waals surface area contributed by atoms with E-state index in [1.165, 1.54) is 30.3 Å². The Kier molecular flexibility index (Phi) is 6.99. The van der Waals surface area contributed by atoms with Crippen LogP contribution in [0.2, 0.25) is 10.0 Å². The molecular weight excluding hydrogens is 463 g/mol. The maximum Gasteiger partial charge on any atom is 0.262 e. The van der Waals surface area contributed by atoms with Gasteiger partial charge < -0.3 is 20.0 Å². The van der Waals surface area contributed by atoms with Gasteiger partial charge in [-0.1, -0.05) is 29.3 Å². The van der Waals surface area contributed by atoms with Gasteiger partial charge in [-0.25, -0.2) is 8.42 Å². The molecule has 0 fully saturated rings. The van der Waals surface area contributed by atoms with Gasteiger partial charge in [0.15, 0.2) is 6.61 Å². The molecule has 8 nitrogen and oxygen atoms in total. The molecule has 0 spiro atoms. The van der Waals surface area contributed by atoms with E-state index in [2.05, 4.69) is 20.0 Å². The zero-order valence-electron chi connectivity index (χ0n) is 16.5. The summed E-state index contributed by atoms with van der Waals surface area (Å²) >= 11 is 11.8. The number of rotatable bonds is 7. The maximum absolute atomic E-state index is 12.5. The van der Waals surface area contributed by atoms with Crippen LogP contribution in [-0.2, 0) is 14.8 Å². The Balaban J connectivity index is 1.61. The first-order valence-corrected chi connectivity index (χ1v) is 11.1. The summed E-state index contributed by atoms with van der Waals surface area (Å²) in [4.78, 5) is 20.1. The molecule has 0 saturated carbocycles. The highest BCUT2D eigenvalue weighted by Crippen LogP contribution is 2.28. The number of aromatic nitrogens is 2. The van der Waals surface area contributed by atoms with Crippen molar-refractivity contribution in [2.24, 2.45) is 0 Å². The van der Waals surface area contributed by atoms with Crippen molar-refractivity contribution in [2.45, 2.75) is 18.7 Å². The Bertz CT molecular complexity index is 1200. The molecule has 0 aliphatic rings. The standard InChI is InChI=1S/C20H18Cl2N4O4S/c1-12-9-13(2)24-20(23-12)26-31(28,29)16-6-4-15(5-7-16)25-19(27)11-30-18-8-3-14(21)10-17(18)22/h3-10H,11H2,1-2H3,(H2,23,24,25,26,27)/p-1. The number of sulfonamides is 1. The van der Waals surface area contributed by atoms with Crippen LogP contribution in [0.25, 0.3) is 4.72 Å². The van der Waals surface area contributed by atoms with Crippen molar-refractivity contribution < 1.29 is 17.9 Å². The summed E-state index contributed by atoms with van der Waals surface area (Å²) in [5.74, 6) is -0.263. The molecule has 31 heavy (non-hydrogen) atoms. The molecule has 0 atom stereocenters. The minimum Gasteiger partial charge on any atom is -0.482 e. The first kappa shape index (κ1) is 22.8. The maximum atomic E-state index is 12.5.